The fraction of sp³-hybridized carbons (Fsp3) is 0.500. The SMILES string of the molecule is N#CC(c1c(F)cccc1F)N1CCCCCC1. The molecule has 0 N–H and O–H groups in total. The predicted molar refractivity (Wildman–Crippen MR) is 64.8 cm³/mol. The van der Waals surface area contributed by atoms with E-state index in [9.17, 15) is 14.0 Å². The van der Waals surface area contributed by atoms with Crippen LogP contribution in [0, 0.1) is 23.0 Å². The van der Waals surface area contributed by atoms with E-state index in [1.54, 1.807) is 0 Å². The molecule has 1 heterocycles. The minimum atomic E-state index is -0.815. The lowest BCUT2D eigenvalue weighted by molar-refractivity contribution is 0.237. The van der Waals surface area contributed by atoms with E-state index in [0.29, 0.717) is 0 Å². The van der Waals surface area contributed by atoms with Gasteiger partial charge in [-0.15, -0.1) is 0 Å². The zero-order valence-corrected chi connectivity index (χ0v) is 10.2. The van der Waals surface area contributed by atoms with Crippen molar-refractivity contribution in [3.8, 4) is 6.07 Å². The lowest BCUT2D eigenvalue weighted by Crippen LogP contribution is -2.30. The zero-order valence-electron chi connectivity index (χ0n) is 10.2. The van der Waals surface area contributed by atoms with E-state index in [0.717, 1.165) is 38.8 Å². The van der Waals surface area contributed by atoms with E-state index in [1.165, 1.54) is 18.2 Å². The lowest BCUT2D eigenvalue weighted by Gasteiger charge is -2.26. The Hall–Kier alpha value is -1.47. The van der Waals surface area contributed by atoms with Crippen LogP contribution < -0.4 is 0 Å². The van der Waals surface area contributed by atoms with Gasteiger partial charge in [0.1, 0.15) is 17.7 Å². The van der Waals surface area contributed by atoms with E-state index in [4.69, 9.17) is 0 Å². The van der Waals surface area contributed by atoms with Gasteiger partial charge in [-0.1, -0.05) is 18.9 Å². The van der Waals surface area contributed by atoms with Crippen LogP contribution in [0.3, 0.4) is 0 Å². The Balaban J connectivity index is 2.30. The van der Waals surface area contributed by atoms with Crippen molar-refractivity contribution in [2.75, 3.05) is 13.1 Å². The van der Waals surface area contributed by atoms with Gasteiger partial charge in [0.05, 0.1) is 11.6 Å². The second-order valence-corrected chi connectivity index (χ2v) is 4.62. The van der Waals surface area contributed by atoms with E-state index in [2.05, 4.69) is 0 Å². The Bertz CT molecular complexity index is 425. The van der Waals surface area contributed by atoms with Crippen LogP contribution in [0.4, 0.5) is 8.78 Å². The summed E-state index contributed by atoms with van der Waals surface area (Å²) in [6, 6.07) is 4.97. The number of nitriles is 1. The minimum absolute atomic E-state index is 0.109. The Morgan fingerprint density at radius 3 is 2.11 bits per heavy atom. The molecule has 0 bridgehead atoms. The summed E-state index contributed by atoms with van der Waals surface area (Å²) < 4.78 is 27.5. The number of likely N-dealkylation sites (tertiary alicyclic amines) is 1. The molecule has 1 atom stereocenters. The van der Waals surface area contributed by atoms with Crippen LogP contribution in [0.2, 0.25) is 0 Å². The Labute approximate surface area is 106 Å². The first-order chi connectivity index (χ1) is 8.74. The topological polar surface area (TPSA) is 27.0 Å². The van der Waals surface area contributed by atoms with E-state index < -0.39 is 17.7 Å². The van der Waals surface area contributed by atoms with Crippen molar-refractivity contribution in [1.29, 1.82) is 5.26 Å². The fourth-order valence-electron chi connectivity index (χ4n) is 2.45. The van der Waals surface area contributed by atoms with E-state index >= 15 is 0 Å². The number of hydrogen-bond donors (Lipinski definition) is 0. The van der Waals surface area contributed by atoms with Gasteiger partial charge in [0.2, 0.25) is 0 Å². The van der Waals surface area contributed by atoms with Gasteiger partial charge in [0, 0.05) is 0 Å². The standard InChI is InChI=1S/C14H16F2N2/c15-11-6-5-7-12(16)14(11)13(10-17)18-8-3-1-2-4-9-18/h5-7,13H,1-4,8-9H2. The normalized spacial score (nSPS) is 18.9. The monoisotopic (exact) mass is 250 g/mol. The molecule has 1 unspecified atom stereocenters. The fourth-order valence-corrected chi connectivity index (χ4v) is 2.45. The smallest absolute Gasteiger partial charge is 0.132 e. The third kappa shape index (κ3) is 2.68. The molecule has 1 aromatic rings. The molecule has 4 heteroatoms. The van der Waals surface area contributed by atoms with Crippen molar-refractivity contribution < 1.29 is 8.78 Å². The molecule has 0 aromatic heterocycles. The summed E-state index contributed by atoms with van der Waals surface area (Å²) in [6.45, 7) is 1.46. The first-order valence-electron chi connectivity index (χ1n) is 6.31. The molecule has 1 aromatic carbocycles. The summed E-state index contributed by atoms with van der Waals surface area (Å²) in [5, 5.41) is 9.25. The van der Waals surface area contributed by atoms with Crippen molar-refractivity contribution >= 4 is 0 Å². The van der Waals surface area contributed by atoms with Crippen molar-refractivity contribution in [1.82, 2.24) is 4.90 Å². The molecule has 18 heavy (non-hydrogen) atoms. The second kappa shape index (κ2) is 5.92. The average molecular weight is 250 g/mol. The van der Waals surface area contributed by atoms with Crippen molar-refractivity contribution in [3.05, 3.63) is 35.4 Å². The summed E-state index contributed by atoms with van der Waals surface area (Å²) in [5.74, 6) is -1.27. The van der Waals surface area contributed by atoms with Crippen LogP contribution in [0.1, 0.15) is 37.3 Å². The number of benzene rings is 1. The highest BCUT2D eigenvalue weighted by atomic mass is 19.1. The van der Waals surface area contributed by atoms with E-state index in [1.807, 2.05) is 11.0 Å². The Morgan fingerprint density at radius 2 is 1.61 bits per heavy atom. The molecule has 1 saturated heterocycles. The summed E-state index contributed by atoms with van der Waals surface area (Å²) in [5.41, 5.74) is -0.109. The highest BCUT2D eigenvalue weighted by Gasteiger charge is 2.26. The van der Waals surface area contributed by atoms with Crippen LogP contribution >= 0.6 is 0 Å². The number of nitrogens with zero attached hydrogens (tertiary/aromatic N) is 2. The summed E-state index contributed by atoms with van der Waals surface area (Å²) in [4.78, 5) is 1.88. The molecule has 0 spiro atoms. The van der Waals surface area contributed by atoms with Crippen molar-refractivity contribution in [3.63, 3.8) is 0 Å². The zero-order chi connectivity index (χ0) is 13.0. The molecule has 0 saturated carbocycles. The maximum atomic E-state index is 13.7. The molecular formula is C14H16F2N2. The lowest BCUT2D eigenvalue weighted by atomic mass is 10.0. The van der Waals surface area contributed by atoms with Crippen LogP contribution in [0.25, 0.3) is 0 Å². The molecule has 1 fully saturated rings. The van der Waals surface area contributed by atoms with Gasteiger partial charge in [-0.3, -0.25) is 4.90 Å². The summed E-state index contributed by atoms with van der Waals surface area (Å²) in [7, 11) is 0. The van der Waals surface area contributed by atoms with Gasteiger partial charge in [-0.2, -0.15) is 5.26 Å². The predicted octanol–water partition coefficient (Wildman–Crippen LogP) is 3.41. The highest BCUT2D eigenvalue weighted by molar-refractivity contribution is 5.27. The first-order valence-corrected chi connectivity index (χ1v) is 6.31. The van der Waals surface area contributed by atoms with Crippen LogP contribution in [-0.2, 0) is 0 Å². The molecule has 2 nitrogen and oxygen atoms in total. The second-order valence-electron chi connectivity index (χ2n) is 4.62. The van der Waals surface area contributed by atoms with Gasteiger partial charge in [-0.05, 0) is 38.1 Å². The molecular weight excluding hydrogens is 234 g/mol. The molecule has 96 valence electrons. The molecule has 2 rings (SSSR count). The molecule has 0 radical (unpaired) electrons. The van der Waals surface area contributed by atoms with Crippen LogP contribution in [0.5, 0.6) is 0 Å². The third-order valence-electron chi connectivity index (χ3n) is 3.40. The Morgan fingerprint density at radius 1 is 1.06 bits per heavy atom. The maximum absolute atomic E-state index is 13.7. The number of halogens is 2. The van der Waals surface area contributed by atoms with Gasteiger partial charge < -0.3 is 0 Å². The minimum Gasteiger partial charge on any atom is -0.284 e. The van der Waals surface area contributed by atoms with Crippen molar-refractivity contribution in [2.45, 2.75) is 31.7 Å². The number of hydrogen-bond acceptors (Lipinski definition) is 2. The quantitative estimate of drug-likeness (QED) is 0.804. The maximum Gasteiger partial charge on any atom is 0.132 e. The largest absolute Gasteiger partial charge is 0.284 e. The molecule has 1 aliphatic heterocycles. The highest BCUT2D eigenvalue weighted by Crippen LogP contribution is 2.27. The Kier molecular flexibility index (Phi) is 4.27. The molecule has 0 amide bonds. The van der Waals surface area contributed by atoms with Crippen LogP contribution in [0.15, 0.2) is 18.2 Å². The summed E-state index contributed by atoms with van der Waals surface area (Å²) in [6.07, 6.45) is 4.20. The van der Waals surface area contributed by atoms with Gasteiger partial charge in [0.15, 0.2) is 0 Å². The van der Waals surface area contributed by atoms with E-state index in [-0.39, 0.29) is 5.56 Å². The molecule has 1 aliphatic rings. The van der Waals surface area contributed by atoms with Gasteiger partial charge in [-0.25, -0.2) is 8.78 Å². The number of rotatable bonds is 2. The average Bonchev–Trinajstić information content (AvgIpc) is 2.63. The van der Waals surface area contributed by atoms with Gasteiger partial charge in [0.25, 0.3) is 0 Å². The summed E-state index contributed by atoms with van der Waals surface area (Å²) >= 11 is 0. The van der Waals surface area contributed by atoms with Gasteiger partial charge >= 0.3 is 0 Å². The van der Waals surface area contributed by atoms with Crippen LogP contribution in [-0.4, -0.2) is 18.0 Å². The van der Waals surface area contributed by atoms with Crippen molar-refractivity contribution in [2.24, 2.45) is 0 Å². The first kappa shape index (κ1) is 13.0. The third-order valence-corrected chi connectivity index (χ3v) is 3.40. The molecule has 0 aliphatic carbocycles.